The number of hydrogen-bond acceptors (Lipinski definition) is 3. The molecule has 0 saturated carbocycles. The molecule has 1 fully saturated rings. The van der Waals surface area contributed by atoms with E-state index in [0.717, 1.165) is 0 Å². The lowest BCUT2D eigenvalue weighted by atomic mass is 9.89. The van der Waals surface area contributed by atoms with E-state index in [2.05, 4.69) is 38.0 Å². The van der Waals surface area contributed by atoms with Gasteiger partial charge in [-0.25, -0.2) is 0 Å². The number of hydrogen-bond donors (Lipinski definition) is 1. The van der Waals surface area contributed by atoms with Crippen LogP contribution in [-0.4, -0.2) is 49.8 Å². The smallest absolute Gasteiger partial charge is 0.0695 e. The molecule has 1 heterocycles. The molecule has 1 N–H and O–H groups in total. The van der Waals surface area contributed by atoms with Crippen molar-refractivity contribution in [2.24, 2.45) is 0 Å². The SMILES string of the molecule is CNC1(C)CCN(C(C)C(C)OC)CC1. The highest BCUT2D eigenvalue weighted by Crippen LogP contribution is 2.23. The van der Waals surface area contributed by atoms with E-state index in [9.17, 15) is 0 Å². The second-order valence-electron chi connectivity index (χ2n) is 5.03. The van der Waals surface area contributed by atoms with Crippen LogP contribution in [-0.2, 0) is 4.74 Å². The fraction of sp³-hybridized carbons (Fsp3) is 1.00. The average Bonchev–Trinajstić information content (AvgIpc) is 2.28. The van der Waals surface area contributed by atoms with Gasteiger partial charge in [-0.2, -0.15) is 0 Å². The lowest BCUT2D eigenvalue weighted by Gasteiger charge is -2.43. The molecule has 0 aromatic rings. The minimum absolute atomic E-state index is 0.323. The summed E-state index contributed by atoms with van der Waals surface area (Å²) in [6, 6.07) is 0.524. The second kappa shape index (κ2) is 5.28. The summed E-state index contributed by atoms with van der Waals surface area (Å²) in [5.41, 5.74) is 0.340. The molecule has 90 valence electrons. The van der Waals surface area contributed by atoms with Crippen molar-refractivity contribution >= 4 is 0 Å². The van der Waals surface area contributed by atoms with Crippen LogP contribution in [0.2, 0.25) is 0 Å². The maximum atomic E-state index is 5.39. The zero-order chi connectivity index (χ0) is 11.5. The van der Waals surface area contributed by atoms with Crippen LogP contribution in [0.3, 0.4) is 0 Å². The zero-order valence-electron chi connectivity index (χ0n) is 10.8. The summed E-state index contributed by atoms with van der Waals surface area (Å²) >= 11 is 0. The topological polar surface area (TPSA) is 24.5 Å². The Morgan fingerprint density at radius 2 is 1.80 bits per heavy atom. The molecule has 0 bridgehead atoms. The molecule has 2 atom stereocenters. The van der Waals surface area contributed by atoms with Crippen LogP contribution < -0.4 is 5.32 Å². The number of ether oxygens (including phenoxy) is 1. The molecule has 0 radical (unpaired) electrons. The van der Waals surface area contributed by atoms with E-state index in [0.29, 0.717) is 17.7 Å². The molecule has 3 heteroatoms. The van der Waals surface area contributed by atoms with E-state index in [1.54, 1.807) is 7.11 Å². The van der Waals surface area contributed by atoms with Crippen LogP contribution in [0.1, 0.15) is 33.6 Å². The molecule has 2 unspecified atom stereocenters. The van der Waals surface area contributed by atoms with Crippen LogP contribution >= 0.6 is 0 Å². The van der Waals surface area contributed by atoms with Crippen LogP contribution in [0, 0.1) is 0 Å². The molecule has 0 amide bonds. The van der Waals surface area contributed by atoms with Gasteiger partial charge in [-0.3, -0.25) is 4.90 Å². The van der Waals surface area contributed by atoms with Crippen molar-refractivity contribution in [1.29, 1.82) is 0 Å². The molecule has 1 rings (SSSR count). The summed E-state index contributed by atoms with van der Waals surface area (Å²) in [6.07, 6.45) is 2.78. The van der Waals surface area contributed by atoms with Gasteiger partial charge in [0.1, 0.15) is 0 Å². The molecule has 0 aromatic heterocycles. The highest BCUT2D eigenvalue weighted by molar-refractivity contribution is 4.90. The fourth-order valence-electron chi connectivity index (χ4n) is 2.17. The van der Waals surface area contributed by atoms with Gasteiger partial charge in [0.25, 0.3) is 0 Å². The Bertz CT molecular complexity index is 188. The predicted molar refractivity (Wildman–Crippen MR) is 64.2 cm³/mol. The van der Waals surface area contributed by atoms with Crippen LogP contribution in [0.4, 0.5) is 0 Å². The van der Waals surface area contributed by atoms with Crippen molar-refractivity contribution < 1.29 is 4.74 Å². The number of nitrogens with zero attached hydrogens (tertiary/aromatic N) is 1. The second-order valence-corrected chi connectivity index (χ2v) is 5.03. The molecule has 0 aliphatic carbocycles. The van der Waals surface area contributed by atoms with E-state index < -0.39 is 0 Å². The van der Waals surface area contributed by atoms with E-state index in [-0.39, 0.29) is 0 Å². The first kappa shape index (κ1) is 12.9. The van der Waals surface area contributed by atoms with Gasteiger partial charge >= 0.3 is 0 Å². The number of piperidine rings is 1. The Labute approximate surface area is 94.2 Å². The molecule has 1 aliphatic heterocycles. The Hall–Kier alpha value is -0.120. The van der Waals surface area contributed by atoms with Gasteiger partial charge in [0, 0.05) is 31.8 Å². The molecule has 1 aliphatic rings. The average molecular weight is 214 g/mol. The summed E-state index contributed by atoms with van der Waals surface area (Å²) in [5, 5.41) is 3.43. The molecule has 15 heavy (non-hydrogen) atoms. The maximum absolute atomic E-state index is 5.39. The number of rotatable bonds is 4. The van der Waals surface area contributed by atoms with Crippen molar-refractivity contribution in [2.45, 2.75) is 51.3 Å². The largest absolute Gasteiger partial charge is 0.380 e. The van der Waals surface area contributed by atoms with E-state index in [1.807, 2.05) is 0 Å². The standard InChI is InChI=1S/C12H26N2O/c1-10(11(2)15-5)14-8-6-12(3,13-4)7-9-14/h10-11,13H,6-9H2,1-5H3. The number of methoxy groups -OCH3 is 1. The van der Waals surface area contributed by atoms with E-state index >= 15 is 0 Å². The Morgan fingerprint density at radius 3 is 2.20 bits per heavy atom. The monoisotopic (exact) mass is 214 g/mol. The van der Waals surface area contributed by atoms with Gasteiger partial charge in [0.15, 0.2) is 0 Å². The summed E-state index contributed by atoms with van der Waals surface area (Å²) in [5.74, 6) is 0. The van der Waals surface area contributed by atoms with Gasteiger partial charge < -0.3 is 10.1 Å². The highest BCUT2D eigenvalue weighted by atomic mass is 16.5. The molecular weight excluding hydrogens is 188 g/mol. The third-order valence-corrected chi connectivity index (χ3v) is 4.13. The Morgan fingerprint density at radius 1 is 1.27 bits per heavy atom. The van der Waals surface area contributed by atoms with E-state index in [4.69, 9.17) is 4.74 Å². The first-order valence-corrected chi connectivity index (χ1v) is 5.98. The summed E-state index contributed by atoms with van der Waals surface area (Å²) in [7, 11) is 3.86. The van der Waals surface area contributed by atoms with Gasteiger partial charge in [0.2, 0.25) is 0 Å². The highest BCUT2D eigenvalue weighted by Gasteiger charge is 2.31. The number of likely N-dealkylation sites (tertiary alicyclic amines) is 1. The van der Waals surface area contributed by atoms with E-state index in [1.165, 1.54) is 25.9 Å². The first-order valence-electron chi connectivity index (χ1n) is 5.98. The van der Waals surface area contributed by atoms with Crippen molar-refractivity contribution in [1.82, 2.24) is 10.2 Å². The van der Waals surface area contributed by atoms with Crippen LogP contribution in [0.5, 0.6) is 0 Å². The minimum Gasteiger partial charge on any atom is -0.380 e. The molecular formula is C12H26N2O. The van der Waals surface area contributed by atoms with Crippen molar-refractivity contribution in [3.05, 3.63) is 0 Å². The molecule has 0 aromatic carbocycles. The summed E-state index contributed by atoms with van der Waals surface area (Å²) in [4.78, 5) is 2.53. The lowest BCUT2D eigenvalue weighted by Crippen LogP contribution is -2.53. The number of nitrogens with one attached hydrogen (secondary N) is 1. The predicted octanol–water partition coefficient (Wildman–Crippen LogP) is 1.48. The Balaban J connectivity index is 2.43. The van der Waals surface area contributed by atoms with Crippen LogP contribution in [0.25, 0.3) is 0 Å². The van der Waals surface area contributed by atoms with Gasteiger partial charge in [-0.05, 0) is 40.7 Å². The third-order valence-electron chi connectivity index (χ3n) is 4.13. The van der Waals surface area contributed by atoms with Gasteiger partial charge in [0.05, 0.1) is 6.10 Å². The first-order chi connectivity index (χ1) is 7.02. The third kappa shape index (κ3) is 3.16. The lowest BCUT2D eigenvalue weighted by molar-refractivity contribution is 0.0138. The van der Waals surface area contributed by atoms with Gasteiger partial charge in [-0.1, -0.05) is 0 Å². The zero-order valence-corrected chi connectivity index (χ0v) is 10.8. The van der Waals surface area contributed by atoms with Crippen molar-refractivity contribution in [3.63, 3.8) is 0 Å². The molecule has 3 nitrogen and oxygen atoms in total. The summed E-state index contributed by atoms with van der Waals surface area (Å²) in [6.45, 7) is 9.07. The fourth-order valence-corrected chi connectivity index (χ4v) is 2.17. The minimum atomic E-state index is 0.323. The molecule has 0 spiro atoms. The Kier molecular flexibility index (Phi) is 4.56. The van der Waals surface area contributed by atoms with Crippen molar-refractivity contribution in [2.75, 3.05) is 27.2 Å². The van der Waals surface area contributed by atoms with Crippen molar-refractivity contribution in [3.8, 4) is 0 Å². The maximum Gasteiger partial charge on any atom is 0.0695 e. The quantitative estimate of drug-likeness (QED) is 0.767. The van der Waals surface area contributed by atoms with Crippen LogP contribution in [0.15, 0.2) is 0 Å². The summed E-state index contributed by atoms with van der Waals surface area (Å²) < 4.78 is 5.39. The molecule has 1 saturated heterocycles. The van der Waals surface area contributed by atoms with Gasteiger partial charge in [-0.15, -0.1) is 0 Å². The normalized spacial score (nSPS) is 26.2.